The first-order valence-corrected chi connectivity index (χ1v) is 12.9. The van der Waals surface area contributed by atoms with E-state index in [1.165, 1.54) is 35.1 Å². The number of thiazole rings is 1. The Balaban J connectivity index is 1.64. The summed E-state index contributed by atoms with van der Waals surface area (Å²) in [6.07, 6.45) is 1.17. The van der Waals surface area contributed by atoms with Crippen LogP contribution in [0.5, 0.6) is 0 Å². The number of likely N-dealkylation sites (tertiary alicyclic amines) is 1. The third kappa shape index (κ3) is 6.67. The highest BCUT2D eigenvalue weighted by molar-refractivity contribution is 8.00. The van der Waals surface area contributed by atoms with Crippen LogP contribution >= 0.6 is 23.1 Å². The van der Waals surface area contributed by atoms with Gasteiger partial charge in [-0.05, 0) is 49.8 Å². The number of aryl methyl sites for hydroxylation is 1. The topological polar surface area (TPSA) is 63.9 Å². The van der Waals surface area contributed by atoms with Gasteiger partial charge < -0.3 is 14.2 Å². The second-order valence-electron chi connectivity index (χ2n) is 8.45. The van der Waals surface area contributed by atoms with Gasteiger partial charge in [0.1, 0.15) is 0 Å². The van der Waals surface area contributed by atoms with Crippen molar-refractivity contribution in [3.8, 4) is 0 Å². The van der Waals surface area contributed by atoms with Crippen LogP contribution in [-0.2, 0) is 20.9 Å². The number of carbonyl (C=O) groups excluding carboxylic acids is 2. The molecule has 2 unspecified atom stereocenters. The van der Waals surface area contributed by atoms with Gasteiger partial charge in [0.05, 0.1) is 28.3 Å². The van der Waals surface area contributed by atoms with Crippen LogP contribution in [0.1, 0.15) is 32.8 Å². The number of carbonyl (C=O) groups is 2. The van der Waals surface area contributed by atoms with Gasteiger partial charge in [0.2, 0.25) is 5.91 Å². The lowest BCUT2D eigenvalue weighted by Crippen LogP contribution is -2.43. The number of amides is 2. The molecule has 2 atom stereocenters. The summed E-state index contributed by atoms with van der Waals surface area (Å²) in [7, 11) is 0. The number of aromatic nitrogens is 1. The van der Waals surface area contributed by atoms with Crippen molar-refractivity contribution in [2.45, 2.75) is 40.7 Å². The highest BCUT2D eigenvalue weighted by atomic mass is 32.2. The molecular formula is C23H33N3O3S2. The maximum Gasteiger partial charge on any atom is 0.258 e. The molecule has 1 aliphatic heterocycles. The Labute approximate surface area is 192 Å². The number of hydrogen-bond acceptors (Lipinski definition) is 5. The smallest absolute Gasteiger partial charge is 0.258 e. The van der Waals surface area contributed by atoms with Crippen molar-refractivity contribution in [2.24, 2.45) is 16.8 Å². The number of ether oxygens (including phenoxy) is 1. The molecule has 2 heterocycles. The first-order valence-electron chi connectivity index (χ1n) is 11.0. The zero-order chi connectivity index (χ0) is 22.4. The van der Waals surface area contributed by atoms with Crippen molar-refractivity contribution >= 4 is 45.1 Å². The third-order valence-electron chi connectivity index (χ3n) is 5.39. The number of fused-ring (bicyclic) bond motifs is 1. The molecule has 1 fully saturated rings. The molecule has 1 aromatic carbocycles. The van der Waals surface area contributed by atoms with E-state index in [2.05, 4.69) is 48.5 Å². The van der Waals surface area contributed by atoms with Crippen molar-refractivity contribution in [3.05, 3.63) is 28.6 Å². The minimum absolute atomic E-state index is 0.125. The molecule has 170 valence electrons. The van der Waals surface area contributed by atoms with Crippen LogP contribution in [0.15, 0.2) is 23.2 Å². The fourth-order valence-corrected chi connectivity index (χ4v) is 5.97. The average molecular weight is 464 g/mol. The van der Waals surface area contributed by atoms with Crippen LogP contribution in [0.25, 0.3) is 10.2 Å². The van der Waals surface area contributed by atoms with Crippen molar-refractivity contribution in [1.82, 2.24) is 9.47 Å². The number of piperidine rings is 1. The van der Waals surface area contributed by atoms with Crippen LogP contribution in [0.2, 0.25) is 0 Å². The minimum Gasteiger partial charge on any atom is -0.380 e. The van der Waals surface area contributed by atoms with Gasteiger partial charge in [0.25, 0.3) is 5.91 Å². The summed E-state index contributed by atoms with van der Waals surface area (Å²) < 4.78 is 8.68. The number of rotatable bonds is 8. The van der Waals surface area contributed by atoms with Crippen molar-refractivity contribution in [3.63, 3.8) is 0 Å². The van der Waals surface area contributed by atoms with Gasteiger partial charge >= 0.3 is 0 Å². The molecular weight excluding hydrogens is 430 g/mol. The predicted molar refractivity (Wildman–Crippen MR) is 128 cm³/mol. The fraction of sp³-hybridized carbons (Fsp3) is 0.609. The molecule has 0 aliphatic carbocycles. The van der Waals surface area contributed by atoms with Gasteiger partial charge in [-0.2, -0.15) is 4.99 Å². The maximum atomic E-state index is 12.5. The molecule has 0 saturated carbocycles. The quantitative estimate of drug-likeness (QED) is 0.560. The Morgan fingerprint density at radius 2 is 1.97 bits per heavy atom. The van der Waals surface area contributed by atoms with Gasteiger partial charge in [-0.25, -0.2) is 0 Å². The lowest BCUT2D eigenvalue weighted by atomic mass is 9.92. The Morgan fingerprint density at radius 3 is 2.68 bits per heavy atom. The molecule has 1 aromatic heterocycles. The molecule has 1 aliphatic rings. The second kappa shape index (κ2) is 11.3. The van der Waals surface area contributed by atoms with Crippen molar-refractivity contribution in [2.75, 3.05) is 37.8 Å². The summed E-state index contributed by atoms with van der Waals surface area (Å²) in [5, 5.41) is 0. The average Bonchev–Trinajstić information content (AvgIpc) is 3.03. The van der Waals surface area contributed by atoms with E-state index in [1.807, 2.05) is 11.8 Å². The molecule has 2 amide bonds. The Kier molecular flexibility index (Phi) is 8.75. The summed E-state index contributed by atoms with van der Waals surface area (Å²) in [6.45, 7) is 11.9. The molecule has 6 nitrogen and oxygen atoms in total. The summed E-state index contributed by atoms with van der Waals surface area (Å²) in [5.74, 6) is 1.54. The first kappa shape index (κ1) is 24.0. The predicted octanol–water partition coefficient (Wildman–Crippen LogP) is 3.71. The summed E-state index contributed by atoms with van der Waals surface area (Å²) in [6, 6.07) is 6.26. The Morgan fingerprint density at radius 1 is 1.23 bits per heavy atom. The van der Waals surface area contributed by atoms with Gasteiger partial charge in [-0.15, -0.1) is 11.8 Å². The largest absolute Gasteiger partial charge is 0.380 e. The molecule has 31 heavy (non-hydrogen) atoms. The number of hydrogen-bond donors (Lipinski definition) is 0. The Hall–Kier alpha value is -1.64. The number of benzene rings is 1. The zero-order valence-electron chi connectivity index (χ0n) is 18.9. The van der Waals surface area contributed by atoms with Crippen LogP contribution in [0.4, 0.5) is 0 Å². The van der Waals surface area contributed by atoms with Crippen molar-refractivity contribution in [1.29, 1.82) is 0 Å². The number of nitrogens with zero attached hydrogens (tertiary/aromatic N) is 3. The molecule has 0 spiro atoms. The van der Waals surface area contributed by atoms with Crippen LogP contribution < -0.4 is 4.80 Å². The second-order valence-corrected chi connectivity index (χ2v) is 10.4. The van der Waals surface area contributed by atoms with Gasteiger partial charge in [-0.1, -0.05) is 31.3 Å². The van der Waals surface area contributed by atoms with E-state index in [1.54, 1.807) is 0 Å². The van der Waals surface area contributed by atoms with E-state index in [0.29, 0.717) is 42.1 Å². The van der Waals surface area contributed by atoms with E-state index in [9.17, 15) is 9.59 Å². The van der Waals surface area contributed by atoms with Crippen LogP contribution in [0, 0.1) is 18.8 Å². The lowest BCUT2D eigenvalue weighted by Gasteiger charge is -2.35. The maximum absolute atomic E-state index is 12.5. The normalized spacial score (nSPS) is 19.9. The van der Waals surface area contributed by atoms with E-state index in [4.69, 9.17) is 4.74 Å². The molecule has 0 N–H and O–H groups in total. The standard InChI is InChI=1S/C23H33N3O3S2/c1-5-29-9-8-26-19-7-6-16(2)11-20(19)31-23(26)24-21(27)14-30-15-22(28)25-12-17(3)10-18(4)13-25/h6-7,11,17-18H,5,8-10,12-15H2,1-4H3. The number of thioether (sulfide) groups is 1. The van der Waals surface area contributed by atoms with Crippen LogP contribution in [-0.4, -0.2) is 59.1 Å². The summed E-state index contributed by atoms with van der Waals surface area (Å²) in [5.41, 5.74) is 2.25. The minimum atomic E-state index is -0.202. The lowest BCUT2D eigenvalue weighted by molar-refractivity contribution is -0.130. The van der Waals surface area contributed by atoms with Gasteiger partial charge in [-0.3, -0.25) is 9.59 Å². The molecule has 8 heteroatoms. The van der Waals surface area contributed by atoms with Gasteiger partial charge in [0.15, 0.2) is 4.80 Å². The first-order chi connectivity index (χ1) is 14.9. The highest BCUT2D eigenvalue weighted by Gasteiger charge is 2.25. The van der Waals surface area contributed by atoms with Crippen LogP contribution in [0.3, 0.4) is 0 Å². The molecule has 0 radical (unpaired) electrons. The van der Waals surface area contributed by atoms with E-state index < -0.39 is 0 Å². The molecule has 3 rings (SSSR count). The Bertz CT molecular complexity index is 972. The molecule has 2 aromatic rings. The molecule has 1 saturated heterocycles. The summed E-state index contributed by atoms with van der Waals surface area (Å²) in [4.78, 5) is 32.1. The van der Waals surface area contributed by atoms with Gasteiger partial charge in [0, 0.05) is 26.2 Å². The fourth-order valence-electron chi connectivity index (χ4n) is 4.10. The zero-order valence-corrected chi connectivity index (χ0v) is 20.6. The molecule has 0 bridgehead atoms. The highest BCUT2D eigenvalue weighted by Crippen LogP contribution is 2.22. The third-order valence-corrected chi connectivity index (χ3v) is 7.34. The monoisotopic (exact) mass is 463 g/mol. The summed E-state index contributed by atoms with van der Waals surface area (Å²) >= 11 is 2.88. The SMILES string of the molecule is CCOCCn1c(=NC(=O)CSCC(=O)N2CC(C)CC(C)C2)sc2cc(C)ccc21. The van der Waals surface area contributed by atoms with E-state index in [0.717, 1.165) is 23.3 Å². The van der Waals surface area contributed by atoms with E-state index in [-0.39, 0.29) is 17.6 Å². The van der Waals surface area contributed by atoms with Crippen molar-refractivity contribution < 1.29 is 14.3 Å². The van der Waals surface area contributed by atoms with E-state index >= 15 is 0 Å².